The number of H-pyrrole nitrogens is 1. The first-order valence-corrected chi connectivity index (χ1v) is 18.9. The number of nitrogens with zero attached hydrogens (tertiary/aromatic N) is 7. The number of carbonyl (C=O) groups is 3. The lowest BCUT2D eigenvalue weighted by atomic mass is 9.67. The molecule has 8 rings (SSSR count). The standard InChI is InChI=1S/C39H47N9O3/c1-25(41-24-35(49)48-31(23-40)20-30-21-34(30)48)22-39(38-42-44-45-43-38)32-12-10-28(36(50)46-14-4-2-5-15-46)18-26(32)8-9-27-19-29(11-13-33(27)39)37(51)47-16-6-3-7-17-47/h10-13,18-19,25,30-31,34,41H,2-9,14-17,20-22,24H2,1H3,(H,42,43,44,45)/t25-,30-,31?,34+/m1/s1. The summed E-state index contributed by atoms with van der Waals surface area (Å²) in [6.45, 7) is 5.29. The molecular weight excluding hydrogens is 642 g/mol. The van der Waals surface area contributed by atoms with Gasteiger partial charge in [0.2, 0.25) is 5.91 Å². The van der Waals surface area contributed by atoms with E-state index in [1.165, 1.54) is 0 Å². The largest absolute Gasteiger partial charge is 0.339 e. The summed E-state index contributed by atoms with van der Waals surface area (Å²) in [7, 11) is 0. The van der Waals surface area contributed by atoms with E-state index in [4.69, 9.17) is 0 Å². The van der Waals surface area contributed by atoms with Crippen LogP contribution in [-0.2, 0) is 23.1 Å². The Morgan fingerprint density at radius 2 is 1.49 bits per heavy atom. The first-order valence-electron chi connectivity index (χ1n) is 18.9. The fourth-order valence-electron chi connectivity index (χ4n) is 9.38. The summed E-state index contributed by atoms with van der Waals surface area (Å²) in [6, 6.07) is 14.1. The maximum atomic E-state index is 13.7. The minimum atomic E-state index is -0.895. The van der Waals surface area contributed by atoms with Gasteiger partial charge < -0.3 is 20.0 Å². The van der Waals surface area contributed by atoms with Gasteiger partial charge in [0.25, 0.3) is 11.8 Å². The number of likely N-dealkylation sites (tertiary alicyclic amines) is 3. The predicted octanol–water partition coefficient (Wildman–Crippen LogP) is 3.77. The predicted molar refractivity (Wildman–Crippen MR) is 189 cm³/mol. The third-order valence-corrected chi connectivity index (χ3v) is 12.1. The Bertz CT molecular complexity index is 1760. The Hall–Kier alpha value is -4.63. The fraction of sp³-hybridized carbons (Fsp3) is 0.564. The Morgan fingerprint density at radius 3 is 2.02 bits per heavy atom. The van der Waals surface area contributed by atoms with E-state index in [1.807, 2.05) is 21.9 Å². The van der Waals surface area contributed by atoms with E-state index in [9.17, 15) is 19.6 Å². The number of rotatable bonds is 8. The van der Waals surface area contributed by atoms with Crippen molar-refractivity contribution in [2.45, 2.75) is 101 Å². The Labute approximate surface area is 298 Å². The number of aromatic amines is 1. The van der Waals surface area contributed by atoms with Gasteiger partial charge in [-0.2, -0.15) is 10.5 Å². The van der Waals surface area contributed by atoms with Gasteiger partial charge in [-0.15, -0.1) is 10.2 Å². The molecule has 2 aliphatic carbocycles. The van der Waals surface area contributed by atoms with Crippen LogP contribution >= 0.6 is 0 Å². The van der Waals surface area contributed by atoms with Crippen LogP contribution in [0.25, 0.3) is 0 Å². The quantitative estimate of drug-likeness (QED) is 0.363. The SMILES string of the molecule is C[C@H](CC1(c2nn[nH]n2)c2ccc(C(=O)N3CCCCC3)cc2CCc2cc(C(=O)N3CCCCC3)ccc21)NCC(=O)N1C(C#N)C[C@@H]2C[C@@H]21. The van der Waals surface area contributed by atoms with E-state index in [-0.39, 0.29) is 42.4 Å². The number of piperidine rings is 3. The van der Waals surface area contributed by atoms with Crippen LogP contribution in [0.3, 0.4) is 0 Å². The number of amides is 3. The molecule has 2 N–H and O–H groups in total. The molecule has 3 aromatic rings. The molecule has 51 heavy (non-hydrogen) atoms. The number of tetrazole rings is 1. The molecule has 0 bridgehead atoms. The second kappa shape index (κ2) is 13.8. The molecule has 3 amide bonds. The van der Waals surface area contributed by atoms with Gasteiger partial charge in [-0.05, 0) is 130 Å². The van der Waals surface area contributed by atoms with Gasteiger partial charge >= 0.3 is 0 Å². The molecule has 5 aliphatic rings. The van der Waals surface area contributed by atoms with Gasteiger partial charge in [-0.1, -0.05) is 17.3 Å². The summed E-state index contributed by atoms with van der Waals surface area (Å²) < 4.78 is 0. The highest BCUT2D eigenvalue weighted by Crippen LogP contribution is 2.48. The van der Waals surface area contributed by atoms with Crippen LogP contribution in [0.1, 0.15) is 114 Å². The summed E-state index contributed by atoms with van der Waals surface area (Å²) in [4.78, 5) is 46.7. The van der Waals surface area contributed by atoms with Crippen molar-refractivity contribution in [3.05, 3.63) is 75.6 Å². The van der Waals surface area contributed by atoms with Gasteiger partial charge in [0.1, 0.15) is 6.04 Å². The molecule has 3 saturated heterocycles. The van der Waals surface area contributed by atoms with Crippen molar-refractivity contribution in [3.8, 4) is 6.07 Å². The average Bonchev–Trinajstić information content (AvgIpc) is 3.55. The van der Waals surface area contributed by atoms with Gasteiger partial charge in [0.05, 0.1) is 18.0 Å². The van der Waals surface area contributed by atoms with Crippen molar-refractivity contribution in [3.63, 3.8) is 0 Å². The molecule has 3 aliphatic heterocycles. The molecule has 12 nitrogen and oxygen atoms in total. The van der Waals surface area contributed by atoms with E-state index in [0.717, 1.165) is 99.8 Å². The molecule has 4 atom stereocenters. The van der Waals surface area contributed by atoms with E-state index in [0.29, 0.717) is 42.1 Å². The lowest BCUT2D eigenvalue weighted by Crippen LogP contribution is -2.46. The van der Waals surface area contributed by atoms with E-state index in [1.54, 1.807) is 4.90 Å². The summed E-state index contributed by atoms with van der Waals surface area (Å²) in [5.41, 5.74) is 4.54. The van der Waals surface area contributed by atoms with Crippen LogP contribution < -0.4 is 5.32 Å². The lowest BCUT2D eigenvalue weighted by Gasteiger charge is -2.37. The van der Waals surface area contributed by atoms with Crippen molar-refractivity contribution >= 4 is 17.7 Å². The number of hydrogen-bond acceptors (Lipinski definition) is 8. The first kappa shape index (κ1) is 33.5. The first-order chi connectivity index (χ1) is 24.9. The van der Waals surface area contributed by atoms with Crippen LogP contribution in [0, 0.1) is 17.2 Å². The van der Waals surface area contributed by atoms with Crippen LogP contribution in [0.2, 0.25) is 0 Å². The Kier molecular flexibility index (Phi) is 9.09. The maximum absolute atomic E-state index is 13.7. The van der Waals surface area contributed by atoms with Crippen molar-refractivity contribution in [2.24, 2.45) is 5.92 Å². The summed E-state index contributed by atoms with van der Waals surface area (Å²) >= 11 is 0. The topological polar surface area (TPSA) is 151 Å². The Morgan fingerprint density at radius 1 is 0.902 bits per heavy atom. The highest BCUT2D eigenvalue weighted by atomic mass is 16.2. The highest BCUT2D eigenvalue weighted by Gasteiger charge is 2.54. The van der Waals surface area contributed by atoms with Gasteiger partial charge in [-0.25, -0.2) is 0 Å². The number of fused-ring (bicyclic) bond motifs is 3. The molecule has 1 aromatic heterocycles. The fourth-order valence-corrected chi connectivity index (χ4v) is 9.38. The number of aryl methyl sites for hydroxylation is 2. The smallest absolute Gasteiger partial charge is 0.253 e. The van der Waals surface area contributed by atoms with E-state index < -0.39 is 5.41 Å². The second-order valence-electron chi connectivity index (χ2n) is 15.3. The normalized spacial score (nSPS) is 24.1. The summed E-state index contributed by atoms with van der Waals surface area (Å²) in [5.74, 6) is 1.03. The van der Waals surface area contributed by atoms with Gasteiger partial charge in [0.15, 0.2) is 5.82 Å². The van der Waals surface area contributed by atoms with Crippen molar-refractivity contribution < 1.29 is 14.4 Å². The molecule has 12 heteroatoms. The van der Waals surface area contributed by atoms with Crippen molar-refractivity contribution in [1.82, 2.24) is 40.6 Å². The molecular formula is C39H47N9O3. The third-order valence-electron chi connectivity index (χ3n) is 12.1. The number of aromatic nitrogens is 4. The monoisotopic (exact) mass is 689 g/mol. The van der Waals surface area contributed by atoms with Gasteiger partial charge in [0, 0.05) is 49.4 Å². The summed E-state index contributed by atoms with van der Waals surface area (Å²) in [5, 5.41) is 29.2. The number of nitriles is 1. The minimum absolute atomic E-state index is 0.0459. The maximum Gasteiger partial charge on any atom is 0.253 e. The van der Waals surface area contributed by atoms with Crippen molar-refractivity contribution in [1.29, 1.82) is 5.26 Å². The molecule has 0 spiro atoms. The molecule has 0 radical (unpaired) electrons. The zero-order valence-electron chi connectivity index (χ0n) is 29.4. The van der Waals surface area contributed by atoms with Crippen LogP contribution in [0.5, 0.6) is 0 Å². The number of carbonyl (C=O) groups excluding carboxylic acids is 3. The Balaban J connectivity index is 1.17. The molecule has 266 valence electrons. The molecule has 4 heterocycles. The highest BCUT2D eigenvalue weighted by molar-refractivity contribution is 5.95. The minimum Gasteiger partial charge on any atom is -0.339 e. The molecule has 4 fully saturated rings. The molecule has 1 unspecified atom stereocenters. The van der Waals surface area contributed by atoms with E-state index in [2.05, 4.69) is 63.2 Å². The van der Waals surface area contributed by atoms with Crippen LogP contribution in [-0.4, -0.2) is 104 Å². The number of benzene rings is 2. The van der Waals surface area contributed by atoms with Crippen molar-refractivity contribution in [2.75, 3.05) is 32.7 Å². The number of nitrogens with one attached hydrogen (secondary N) is 2. The second-order valence-corrected chi connectivity index (χ2v) is 15.3. The zero-order chi connectivity index (χ0) is 35.1. The van der Waals surface area contributed by atoms with E-state index >= 15 is 0 Å². The molecule has 1 saturated carbocycles. The average molecular weight is 690 g/mol. The third kappa shape index (κ3) is 6.19. The van der Waals surface area contributed by atoms with Crippen LogP contribution in [0.4, 0.5) is 0 Å². The molecule has 2 aromatic carbocycles. The van der Waals surface area contributed by atoms with Crippen LogP contribution in [0.15, 0.2) is 36.4 Å². The van der Waals surface area contributed by atoms with Gasteiger partial charge in [-0.3, -0.25) is 14.4 Å². The number of hydrogen-bond donors (Lipinski definition) is 2. The zero-order valence-corrected chi connectivity index (χ0v) is 29.4. The lowest BCUT2D eigenvalue weighted by molar-refractivity contribution is -0.131. The summed E-state index contributed by atoms with van der Waals surface area (Å²) in [6.07, 6.45) is 9.99.